The van der Waals surface area contributed by atoms with Crippen LogP contribution in [-0.2, 0) is 0 Å². The predicted octanol–water partition coefficient (Wildman–Crippen LogP) is 3.97. The molecule has 0 amide bonds. The van der Waals surface area contributed by atoms with E-state index in [9.17, 15) is 0 Å². The van der Waals surface area contributed by atoms with Gasteiger partial charge < -0.3 is 0 Å². The summed E-state index contributed by atoms with van der Waals surface area (Å²) in [4.78, 5) is 0. The Hall–Kier alpha value is -0.0431. The van der Waals surface area contributed by atoms with Crippen LogP contribution in [0.4, 0.5) is 0 Å². The van der Waals surface area contributed by atoms with E-state index in [1.54, 1.807) is 0 Å². The summed E-state index contributed by atoms with van der Waals surface area (Å²) >= 11 is 0. The molecule has 0 saturated heterocycles. The van der Waals surface area contributed by atoms with Gasteiger partial charge in [-0.3, -0.25) is 0 Å². The first-order chi connectivity index (χ1) is 5.56. The standard InChI is InChI=1S/C11H20Si/c1-12(2,3)11(8-9-11)10-6-4-5-7-10/h6H,4-5,7-9H2,1-3H3. The predicted molar refractivity (Wildman–Crippen MR) is 57.2 cm³/mol. The molecule has 0 aromatic carbocycles. The van der Waals surface area contributed by atoms with Crippen LogP contribution in [-0.4, -0.2) is 8.07 Å². The molecule has 0 bridgehead atoms. The summed E-state index contributed by atoms with van der Waals surface area (Å²) in [6, 6.07) is 0. The normalized spacial score (nSPS) is 27.1. The quantitative estimate of drug-likeness (QED) is 0.445. The van der Waals surface area contributed by atoms with Crippen molar-refractivity contribution in [2.75, 3.05) is 0 Å². The van der Waals surface area contributed by atoms with Crippen LogP contribution < -0.4 is 0 Å². The van der Waals surface area contributed by atoms with Gasteiger partial charge in [0.15, 0.2) is 0 Å². The molecule has 1 fully saturated rings. The summed E-state index contributed by atoms with van der Waals surface area (Å²) in [6.07, 6.45) is 9.78. The minimum Gasteiger partial charge on any atom is -0.0850 e. The first-order valence-electron chi connectivity index (χ1n) is 5.26. The summed E-state index contributed by atoms with van der Waals surface area (Å²) in [5, 5.41) is 0.767. The molecule has 0 nitrogen and oxygen atoms in total. The van der Waals surface area contributed by atoms with Gasteiger partial charge in [-0.1, -0.05) is 31.3 Å². The van der Waals surface area contributed by atoms with Crippen molar-refractivity contribution in [1.82, 2.24) is 0 Å². The SMILES string of the molecule is C[Si](C)(C)C1(C2=CCCC2)CC1. The van der Waals surface area contributed by atoms with E-state index in [1.807, 2.05) is 5.57 Å². The van der Waals surface area contributed by atoms with Gasteiger partial charge in [-0.25, -0.2) is 0 Å². The summed E-state index contributed by atoms with van der Waals surface area (Å²) < 4.78 is 0. The molecule has 0 aromatic rings. The maximum absolute atomic E-state index is 2.55. The number of hydrogen-bond acceptors (Lipinski definition) is 0. The van der Waals surface area contributed by atoms with Crippen molar-refractivity contribution < 1.29 is 0 Å². The fourth-order valence-electron chi connectivity index (χ4n) is 2.78. The lowest BCUT2D eigenvalue weighted by molar-refractivity contribution is 0.844. The van der Waals surface area contributed by atoms with E-state index in [2.05, 4.69) is 25.7 Å². The molecule has 0 radical (unpaired) electrons. The van der Waals surface area contributed by atoms with Crippen LogP contribution in [0.1, 0.15) is 32.1 Å². The monoisotopic (exact) mass is 180 g/mol. The van der Waals surface area contributed by atoms with Crippen molar-refractivity contribution in [1.29, 1.82) is 0 Å². The fraction of sp³-hybridized carbons (Fsp3) is 0.818. The van der Waals surface area contributed by atoms with Gasteiger partial charge in [-0.15, -0.1) is 0 Å². The highest BCUT2D eigenvalue weighted by Crippen LogP contribution is 2.67. The van der Waals surface area contributed by atoms with E-state index in [1.165, 1.54) is 32.1 Å². The Kier molecular flexibility index (Phi) is 1.76. The zero-order chi connectivity index (χ0) is 8.82. The molecule has 0 atom stereocenters. The molecular formula is C11H20Si. The van der Waals surface area contributed by atoms with Gasteiger partial charge in [0.2, 0.25) is 0 Å². The maximum Gasteiger partial charge on any atom is 0.0552 e. The van der Waals surface area contributed by atoms with Gasteiger partial charge in [0.1, 0.15) is 0 Å². The van der Waals surface area contributed by atoms with E-state index < -0.39 is 8.07 Å². The largest absolute Gasteiger partial charge is 0.0850 e. The van der Waals surface area contributed by atoms with Crippen LogP contribution >= 0.6 is 0 Å². The van der Waals surface area contributed by atoms with E-state index >= 15 is 0 Å². The molecule has 2 rings (SSSR count). The average molecular weight is 180 g/mol. The van der Waals surface area contributed by atoms with E-state index in [4.69, 9.17) is 0 Å². The smallest absolute Gasteiger partial charge is 0.0552 e. The summed E-state index contributed by atoms with van der Waals surface area (Å²) in [7, 11) is -0.907. The Bertz CT molecular complexity index is 216. The second-order valence-electron chi connectivity index (χ2n) is 5.45. The first kappa shape index (κ1) is 8.55. The van der Waals surface area contributed by atoms with Gasteiger partial charge >= 0.3 is 0 Å². The average Bonchev–Trinajstić information content (AvgIpc) is 2.61. The van der Waals surface area contributed by atoms with Gasteiger partial charge in [0.05, 0.1) is 8.07 Å². The minimum atomic E-state index is -0.907. The zero-order valence-electron chi connectivity index (χ0n) is 8.61. The van der Waals surface area contributed by atoms with Crippen LogP contribution in [0, 0.1) is 0 Å². The third-order valence-electron chi connectivity index (χ3n) is 3.84. The van der Waals surface area contributed by atoms with Gasteiger partial charge in [0.25, 0.3) is 0 Å². The van der Waals surface area contributed by atoms with Crippen molar-refractivity contribution in [3.8, 4) is 0 Å². The van der Waals surface area contributed by atoms with Crippen molar-refractivity contribution >= 4 is 8.07 Å². The molecule has 0 spiro atoms. The zero-order valence-corrected chi connectivity index (χ0v) is 9.61. The van der Waals surface area contributed by atoms with Crippen LogP contribution in [0.3, 0.4) is 0 Å². The second kappa shape index (κ2) is 2.47. The summed E-state index contributed by atoms with van der Waals surface area (Å²) in [5.74, 6) is 0. The first-order valence-corrected chi connectivity index (χ1v) is 8.76. The number of hydrogen-bond donors (Lipinski definition) is 0. The van der Waals surface area contributed by atoms with Crippen LogP contribution in [0.15, 0.2) is 11.6 Å². The second-order valence-corrected chi connectivity index (χ2v) is 10.9. The number of rotatable bonds is 2. The topological polar surface area (TPSA) is 0 Å². The molecular weight excluding hydrogens is 160 g/mol. The fourth-order valence-corrected chi connectivity index (χ4v) is 5.60. The number of allylic oxidation sites excluding steroid dienone is 2. The Morgan fingerprint density at radius 1 is 1.25 bits per heavy atom. The molecule has 0 unspecified atom stereocenters. The highest BCUT2D eigenvalue weighted by atomic mass is 28.3. The van der Waals surface area contributed by atoms with E-state index in [0.29, 0.717) is 0 Å². The molecule has 0 aliphatic heterocycles. The lowest BCUT2D eigenvalue weighted by atomic mass is 10.1. The Morgan fingerprint density at radius 2 is 1.92 bits per heavy atom. The third kappa shape index (κ3) is 1.10. The molecule has 1 saturated carbocycles. The summed E-state index contributed by atoms with van der Waals surface area (Å²) in [5.41, 5.74) is 1.85. The third-order valence-corrected chi connectivity index (χ3v) is 7.53. The van der Waals surface area contributed by atoms with Crippen molar-refractivity contribution in [2.24, 2.45) is 0 Å². The Labute approximate surface area is 77.1 Å². The molecule has 12 heavy (non-hydrogen) atoms. The van der Waals surface area contributed by atoms with Crippen LogP contribution in [0.5, 0.6) is 0 Å². The molecule has 2 aliphatic rings. The molecule has 2 aliphatic carbocycles. The summed E-state index contributed by atoms with van der Waals surface area (Å²) in [6.45, 7) is 7.62. The van der Waals surface area contributed by atoms with Crippen LogP contribution in [0.25, 0.3) is 0 Å². The molecule has 0 N–H and O–H groups in total. The molecule has 0 heterocycles. The van der Waals surface area contributed by atoms with Crippen molar-refractivity contribution in [2.45, 2.75) is 56.8 Å². The highest BCUT2D eigenvalue weighted by Gasteiger charge is 2.54. The minimum absolute atomic E-state index is 0.767. The van der Waals surface area contributed by atoms with Gasteiger partial charge in [-0.2, -0.15) is 0 Å². The van der Waals surface area contributed by atoms with Crippen LogP contribution in [0.2, 0.25) is 24.7 Å². The van der Waals surface area contributed by atoms with Crippen molar-refractivity contribution in [3.05, 3.63) is 11.6 Å². The molecule has 0 aromatic heterocycles. The van der Waals surface area contributed by atoms with Crippen molar-refractivity contribution in [3.63, 3.8) is 0 Å². The molecule has 68 valence electrons. The lowest BCUT2D eigenvalue weighted by Crippen LogP contribution is -2.30. The highest BCUT2D eigenvalue weighted by molar-refractivity contribution is 6.80. The van der Waals surface area contributed by atoms with Gasteiger partial charge in [0, 0.05) is 0 Å². The van der Waals surface area contributed by atoms with Gasteiger partial charge in [-0.05, 0) is 37.1 Å². The Morgan fingerprint density at radius 3 is 2.25 bits per heavy atom. The van der Waals surface area contributed by atoms with E-state index in [0.717, 1.165) is 5.04 Å². The van der Waals surface area contributed by atoms with E-state index in [-0.39, 0.29) is 0 Å². The Balaban J connectivity index is 2.21. The molecule has 1 heteroatoms. The lowest BCUT2D eigenvalue weighted by Gasteiger charge is -2.30. The maximum atomic E-state index is 2.55.